The molecule has 0 bridgehead atoms. The van der Waals surface area contributed by atoms with Gasteiger partial charge in [-0.25, -0.2) is 0 Å². The van der Waals surface area contributed by atoms with Crippen LogP contribution in [0.5, 0.6) is 0 Å². The van der Waals surface area contributed by atoms with E-state index in [0.717, 1.165) is 105 Å². The van der Waals surface area contributed by atoms with Gasteiger partial charge >= 0.3 is 0 Å². The van der Waals surface area contributed by atoms with Crippen LogP contribution in [-0.2, 0) is 0 Å². The van der Waals surface area contributed by atoms with E-state index in [0.29, 0.717) is 0 Å². The molecular weight excluding hydrogens is 687 g/mol. The van der Waals surface area contributed by atoms with Crippen LogP contribution >= 0.6 is 0 Å². The van der Waals surface area contributed by atoms with Gasteiger partial charge in [0.1, 0.15) is 22.3 Å². The molecule has 0 N–H and O–H groups in total. The van der Waals surface area contributed by atoms with Gasteiger partial charge in [0.25, 0.3) is 0 Å². The zero-order chi connectivity index (χ0) is 36.7. The van der Waals surface area contributed by atoms with Gasteiger partial charge < -0.3 is 18.2 Å². The SMILES string of the molecule is c1ccc(-c2cccc(N(c3cccc4c3oc3ccccc34)c3cccc4c3oc3c(-c5ccc6ccccc6c5)c5c(cc34)oc3ccccc35)c2)cc1. The van der Waals surface area contributed by atoms with Crippen LogP contribution in [0, 0.1) is 0 Å². The van der Waals surface area contributed by atoms with Gasteiger partial charge in [0.15, 0.2) is 11.2 Å². The van der Waals surface area contributed by atoms with E-state index in [-0.39, 0.29) is 0 Å². The first-order valence-corrected chi connectivity index (χ1v) is 18.9. The van der Waals surface area contributed by atoms with Crippen molar-refractivity contribution >= 4 is 93.7 Å². The maximum atomic E-state index is 7.30. The van der Waals surface area contributed by atoms with Crippen LogP contribution in [0.4, 0.5) is 17.1 Å². The zero-order valence-corrected chi connectivity index (χ0v) is 30.1. The lowest BCUT2D eigenvalue weighted by atomic mass is 9.95. The van der Waals surface area contributed by atoms with Crippen molar-refractivity contribution in [3.63, 3.8) is 0 Å². The number of anilines is 3. The average Bonchev–Trinajstić information content (AvgIpc) is 3.95. The minimum atomic E-state index is 0.778. The van der Waals surface area contributed by atoms with Crippen molar-refractivity contribution in [1.29, 1.82) is 0 Å². The molecule has 0 atom stereocenters. The third kappa shape index (κ3) is 4.60. The molecule has 0 aliphatic carbocycles. The Morgan fingerprint density at radius 3 is 1.77 bits per heavy atom. The number of nitrogens with zero attached hydrogens (tertiary/aromatic N) is 1. The highest BCUT2D eigenvalue weighted by Crippen LogP contribution is 2.50. The summed E-state index contributed by atoms with van der Waals surface area (Å²) in [6.45, 7) is 0. The number of fused-ring (bicyclic) bond motifs is 10. The van der Waals surface area contributed by atoms with Crippen LogP contribution in [0.1, 0.15) is 0 Å². The summed E-state index contributed by atoms with van der Waals surface area (Å²) in [5.41, 5.74) is 12.1. The monoisotopic (exact) mass is 717 g/mol. The van der Waals surface area contributed by atoms with Gasteiger partial charge in [0, 0.05) is 43.6 Å². The van der Waals surface area contributed by atoms with Crippen molar-refractivity contribution in [1.82, 2.24) is 0 Å². The molecule has 0 unspecified atom stereocenters. The maximum absolute atomic E-state index is 7.30. The van der Waals surface area contributed by atoms with Crippen molar-refractivity contribution in [3.05, 3.63) is 188 Å². The molecule has 3 heterocycles. The largest absolute Gasteiger partial charge is 0.456 e. The molecule has 0 saturated heterocycles. The number of rotatable bonds is 5. The molecule has 3 aromatic heterocycles. The molecule has 0 aliphatic rings. The van der Waals surface area contributed by atoms with E-state index in [1.807, 2.05) is 24.3 Å². The average molecular weight is 718 g/mol. The van der Waals surface area contributed by atoms with E-state index < -0.39 is 0 Å². The molecule has 262 valence electrons. The fourth-order valence-electron chi connectivity index (χ4n) is 8.69. The lowest BCUT2D eigenvalue weighted by molar-refractivity contribution is 0.664. The summed E-state index contributed by atoms with van der Waals surface area (Å²) >= 11 is 0. The van der Waals surface area contributed by atoms with Gasteiger partial charge in [-0.15, -0.1) is 0 Å². The minimum Gasteiger partial charge on any atom is -0.456 e. The Balaban J connectivity index is 1.18. The molecule has 4 heteroatoms. The van der Waals surface area contributed by atoms with Crippen molar-refractivity contribution in [2.75, 3.05) is 4.90 Å². The highest BCUT2D eigenvalue weighted by molar-refractivity contribution is 6.25. The summed E-state index contributed by atoms with van der Waals surface area (Å²) in [6, 6.07) is 65.9. The van der Waals surface area contributed by atoms with Crippen LogP contribution in [-0.4, -0.2) is 0 Å². The fourth-order valence-corrected chi connectivity index (χ4v) is 8.69. The summed E-state index contributed by atoms with van der Waals surface area (Å²) < 4.78 is 20.6. The van der Waals surface area contributed by atoms with Crippen LogP contribution in [0.2, 0.25) is 0 Å². The summed E-state index contributed by atoms with van der Waals surface area (Å²) in [7, 11) is 0. The van der Waals surface area contributed by atoms with E-state index in [2.05, 4.69) is 169 Å². The van der Waals surface area contributed by atoms with E-state index in [1.54, 1.807) is 0 Å². The van der Waals surface area contributed by atoms with Crippen molar-refractivity contribution in [3.8, 4) is 22.3 Å². The number of para-hydroxylation sites is 4. The Morgan fingerprint density at radius 1 is 0.321 bits per heavy atom. The predicted octanol–water partition coefficient (Wildman–Crippen LogP) is 15.3. The van der Waals surface area contributed by atoms with Crippen molar-refractivity contribution in [2.45, 2.75) is 0 Å². The number of benzene rings is 9. The predicted molar refractivity (Wildman–Crippen MR) is 231 cm³/mol. The maximum Gasteiger partial charge on any atom is 0.159 e. The van der Waals surface area contributed by atoms with Gasteiger partial charge in [-0.3, -0.25) is 0 Å². The second kappa shape index (κ2) is 12.0. The Hall–Kier alpha value is -7.56. The van der Waals surface area contributed by atoms with Crippen LogP contribution in [0.3, 0.4) is 0 Å². The van der Waals surface area contributed by atoms with Gasteiger partial charge in [-0.2, -0.15) is 0 Å². The third-order valence-electron chi connectivity index (χ3n) is 11.2. The highest BCUT2D eigenvalue weighted by atomic mass is 16.3. The van der Waals surface area contributed by atoms with Crippen LogP contribution < -0.4 is 4.90 Å². The minimum absolute atomic E-state index is 0.778. The Bertz CT molecular complexity index is 3500. The van der Waals surface area contributed by atoms with Gasteiger partial charge in [0.2, 0.25) is 0 Å². The molecule has 0 amide bonds. The molecule has 9 aromatic carbocycles. The van der Waals surface area contributed by atoms with Crippen LogP contribution in [0.15, 0.2) is 201 Å². The number of hydrogen-bond acceptors (Lipinski definition) is 4. The molecule has 12 aromatic rings. The fraction of sp³-hybridized carbons (Fsp3) is 0. The Kier molecular flexibility index (Phi) is 6.60. The summed E-state index contributed by atoms with van der Waals surface area (Å²) in [4.78, 5) is 2.29. The van der Waals surface area contributed by atoms with E-state index in [1.165, 1.54) is 10.8 Å². The lowest BCUT2D eigenvalue weighted by Crippen LogP contribution is -2.10. The second-order valence-corrected chi connectivity index (χ2v) is 14.4. The van der Waals surface area contributed by atoms with Gasteiger partial charge in [0.05, 0.1) is 11.4 Å². The molecule has 56 heavy (non-hydrogen) atoms. The first-order chi connectivity index (χ1) is 27.8. The zero-order valence-electron chi connectivity index (χ0n) is 30.1. The summed E-state index contributed by atoms with van der Waals surface area (Å²) in [5.74, 6) is 0. The Labute approximate surface area is 321 Å². The molecule has 0 radical (unpaired) electrons. The highest BCUT2D eigenvalue weighted by Gasteiger charge is 2.26. The van der Waals surface area contributed by atoms with E-state index in [9.17, 15) is 0 Å². The summed E-state index contributed by atoms with van der Waals surface area (Å²) in [6.07, 6.45) is 0. The standard InChI is InChI=1S/C52H31NO3/c1-2-13-32(14-3-1)35-17-10-18-37(30-35)53(43-23-11-21-39-38-19-6-8-25-45(38)55-50(39)43)44-24-12-22-40-42-31-47-49(41-20-7-9-26-46(41)54-47)48(52(42)56-51(40)44)36-28-27-33-15-4-5-16-34(33)29-36/h1-31H. The Morgan fingerprint density at radius 2 is 0.946 bits per heavy atom. The van der Waals surface area contributed by atoms with Gasteiger partial charge in [-0.1, -0.05) is 140 Å². The smallest absolute Gasteiger partial charge is 0.159 e. The molecule has 0 fully saturated rings. The normalized spacial score (nSPS) is 11.9. The van der Waals surface area contributed by atoms with E-state index >= 15 is 0 Å². The van der Waals surface area contributed by atoms with Crippen molar-refractivity contribution in [2.24, 2.45) is 0 Å². The first-order valence-electron chi connectivity index (χ1n) is 18.9. The first kappa shape index (κ1) is 30.9. The van der Waals surface area contributed by atoms with Crippen LogP contribution in [0.25, 0.3) is 98.8 Å². The lowest BCUT2D eigenvalue weighted by Gasteiger charge is -2.26. The van der Waals surface area contributed by atoms with Crippen molar-refractivity contribution < 1.29 is 13.3 Å². The molecule has 0 aliphatic heterocycles. The number of hydrogen-bond donors (Lipinski definition) is 0. The van der Waals surface area contributed by atoms with E-state index in [4.69, 9.17) is 13.3 Å². The second-order valence-electron chi connectivity index (χ2n) is 14.4. The van der Waals surface area contributed by atoms with Gasteiger partial charge in [-0.05, 0) is 76.0 Å². The molecule has 4 nitrogen and oxygen atoms in total. The quantitative estimate of drug-likeness (QED) is 0.178. The third-order valence-corrected chi connectivity index (χ3v) is 11.2. The summed E-state index contributed by atoms with van der Waals surface area (Å²) in [5, 5.41) is 8.61. The topological polar surface area (TPSA) is 42.7 Å². The molecule has 0 saturated carbocycles. The molecule has 12 rings (SSSR count). The molecule has 0 spiro atoms. The number of furan rings is 3. The molecular formula is C52H31NO3.